The van der Waals surface area contributed by atoms with E-state index in [1.54, 1.807) is 42.6 Å². The third-order valence-electron chi connectivity index (χ3n) is 8.29. The molecule has 0 amide bonds. The highest BCUT2D eigenvalue weighted by Gasteiger charge is 2.50. The highest BCUT2D eigenvalue weighted by Crippen LogP contribution is 2.48. The number of fused-ring (bicyclic) bond motifs is 1. The van der Waals surface area contributed by atoms with Gasteiger partial charge in [-0.3, -0.25) is 9.42 Å². The van der Waals surface area contributed by atoms with Crippen LogP contribution < -0.4 is 11.1 Å². The molecule has 3 aromatic rings. The van der Waals surface area contributed by atoms with Crippen molar-refractivity contribution in [2.45, 2.75) is 69.1 Å². The van der Waals surface area contributed by atoms with E-state index in [9.17, 15) is 14.3 Å². The van der Waals surface area contributed by atoms with Gasteiger partial charge in [0.2, 0.25) is 5.95 Å². The van der Waals surface area contributed by atoms with Crippen LogP contribution in [0.3, 0.4) is 0 Å². The molecule has 2 aromatic heterocycles. The van der Waals surface area contributed by atoms with Crippen molar-refractivity contribution in [2.75, 3.05) is 24.8 Å². The fourth-order valence-electron chi connectivity index (χ4n) is 5.61. The summed E-state index contributed by atoms with van der Waals surface area (Å²) in [5, 5.41) is 4.92. The van der Waals surface area contributed by atoms with Gasteiger partial charge >= 0.3 is 13.8 Å². The second kappa shape index (κ2) is 11.4. The molecule has 0 aliphatic heterocycles. The van der Waals surface area contributed by atoms with Crippen LogP contribution in [0.25, 0.3) is 11.2 Å². The first-order valence-corrected chi connectivity index (χ1v) is 15.7. The Morgan fingerprint density at radius 1 is 1.21 bits per heavy atom. The molecule has 3 aliphatic rings. The molecule has 2 fully saturated rings. The second-order valence-corrected chi connectivity index (χ2v) is 12.7. The Labute approximate surface area is 243 Å². The summed E-state index contributed by atoms with van der Waals surface area (Å²) in [5.41, 5.74) is 6.36. The monoisotopic (exact) mass is 597 g/mol. The summed E-state index contributed by atoms with van der Waals surface area (Å²) in [5.74, 6) is -0.355. The summed E-state index contributed by atoms with van der Waals surface area (Å²) < 4.78 is 25.5. The standard InChI is InChI=1S/C28H36N7O6P/c1-28(19-7-4-3-5-8-19,35(39-2)21-9-6-10-21)26(36)41-42(37,38)40-16-18-11-14-22(15-18)34-17-30-23-24(31-20-12-13-20)32-27(29)33-25(23)34/h3-5,7-8,11,14,17-18,20-22H,6,9-10,12-13,15-16H2,1-2H3,(H,37,38)(H3,29,31,32,33)/t18-,22+,28-/m1/s1. The smallest absolute Gasteiger partial charge is 0.369 e. The van der Waals surface area contributed by atoms with Crippen molar-refractivity contribution < 1.29 is 28.1 Å². The number of hydrogen-bond donors (Lipinski definition) is 3. The van der Waals surface area contributed by atoms with Crippen LogP contribution in [0.4, 0.5) is 11.8 Å². The van der Waals surface area contributed by atoms with Crippen LogP contribution >= 0.6 is 7.82 Å². The van der Waals surface area contributed by atoms with E-state index in [0.29, 0.717) is 35.0 Å². The number of imidazole rings is 1. The van der Waals surface area contributed by atoms with Crippen LogP contribution in [0.2, 0.25) is 0 Å². The molecule has 2 heterocycles. The Morgan fingerprint density at radius 3 is 2.64 bits per heavy atom. The normalized spacial score (nSPS) is 23.4. The fourth-order valence-corrected chi connectivity index (χ4v) is 6.43. The number of nitrogens with one attached hydrogen (secondary N) is 1. The number of nitrogen functional groups attached to an aromatic ring is 1. The number of carbonyl (C=O) groups excluding carboxylic acids is 1. The number of hydroxylamine groups is 2. The van der Waals surface area contributed by atoms with Gasteiger partial charge in [0.05, 0.1) is 26.1 Å². The number of nitrogens with two attached hydrogens (primary N) is 1. The Balaban J connectivity index is 1.11. The molecule has 2 saturated carbocycles. The average Bonchev–Trinajstić information content (AvgIpc) is 3.45. The molecule has 4 atom stereocenters. The zero-order chi connectivity index (χ0) is 29.5. The summed E-state index contributed by atoms with van der Waals surface area (Å²) in [7, 11) is -3.27. The quantitative estimate of drug-likeness (QED) is 0.156. The van der Waals surface area contributed by atoms with Crippen molar-refractivity contribution >= 4 is 36.7 Å². The van der Waals surface area contributed by atoms with Crippen molar-refractivity contribution in [3.05, 3.63) is 54.4 Å². The van der Waals surface area contributed by atoms with E-state index in [1.165, 1.54) is 7.11 Å². The Kier molecular flexibility index (Phi) is 7.79. The van der Waals surface area contributed by atoms with Crippen LogP contribution in [-0.2, 0) is 28.8 Å². The van der Waals surface area contributed by atoms with E-state index in [1.807, 2.05) is 22.8 Å². The molecule has 3 aliphatic carbocycles. The van der Waals surface area contributed by atoms with Gasteiger partial charge in [-0.1, -0.05) is 48.9 Å². The maximum atomic E-state index is 13.6. The number of carbonyl (C=O) groups is 1. The number of aromatic nitrogens is 4. The molecule has 0 bridgehead atoms. The molecule has 224 valence electrons. The van der Waals surface area contributed by atoms with Gasteiger partial charge in [-0.25, -0.2) is 14.3 Å². The van der Waals surface area contributed by atoms with Gasteiger partial charge in [0, 0.05) is 18.0 Å². The van der Waals surface area contributed by atoms with Gasteiger partial charge in [0.1, 0.15) is 0 Å². The predicted octanol–water partition coefficient (Wildman–Crippen LogP) is 4.09. The minimum absolute atomic E-state index is 0.0206. The summed E-state index contributed by atoms with van der Waals surface area (Å²) in [6.07, 6.45) is 11.0. The molecular weight excluding hydrogens is 561 g/mol. The van der Waals surface area contributed by atoms with Crippen LogP contribution in [0.15, 0.2) is 48.8 Å². The van der Waals surface area contributed by atoms with Gasteiger partial charge in [-0.2, -0.15) is 15.0 Å². The SMILES string of the molecule is CON(C1CCC1)[C@@](C)(C(=O)OP(=O)(O)OC[C@@H]1C=C[C@H](n2cnc3c(NC4CC4)nc(N)nc32)C1)c1ccccc1. The first kappa shape index (κ1) is 28.8. The van der Waals surface area contributed by atoms with Gasteiger partial charge in [0.15, 0.2) is 22.5 Å². The van der Waals surface area contributed by atoms with E-state index in [-0.39, 0.29) is 30.6 Å². The Morgan fingerprint density at radius 2 is 1.98 bits per heavy atom. The molecule has 1 aromatic carbocycles. The molecule has 4 N–H and O–H groups in total. The number of phosphoric ester groups is 1. The molecule has 0 radical (unpaired) electrons. The summed E-state index contributed by atoms with van der Waals surface area (Å²) in [4.78, 5) is 43.1. The van der Waals surface area contributed by atoms with Crippen molar-refractivity contribution in [3.63, 3.8) is 0 Å². The van der Waals surface area contributed by atoms with Crippen molar-refractivity contribution in [1.29, 1.82) is 0 Å². The van der Waals surface area contributed by atoms with E-state index >= 15 is 0 Å². The van der Waals surface area contributed by atoms with Crippen molar-refractivity contribution in [1.82, 2.24) is 24.6 Å². The fraction of sp³-hybridized carbons (Fsp3) is 0.500. The number of benzene rings is 1. The molecule has 6 rings (SSSR count). The maximum absolute atomic E-state index is 13.6. The van der Waals surface area contributed by atoms with Crippen LogP contribution in [-0.4, -0.2) is 61.2 Å². The van der Waals surface area contributed by atoms with Gasteiger partial charge < -0.3 is 25.0 Å². The first-order valence-electron chi connectivity index (χ1n) is 14.2. The number of rotatable bonds is 12. The van der Waals surface area contributed by atoms with Gasteiger partial charge in [-0.05, 0) is 44.6 Å². The molecule has 0 spiro atoms. The van der Waals surface area contributed by atoms with Crippen LogP contribution in [0.5, 0.6) is 0 Å². The topological polar surface area (TPSA) is 167 Å². The Bertz CT molecular complexity index is 1530. The van der Waals surface area contributed by atoms with Crippen LogP contribution in [0, 0.1) is 5.92 Å². The van der Waals surface area contributed by atoms with E-state index in [2.05, 4.69) is 20.3 Å². The zero-order valence-corrected chi connectivity index (χ0v) is 24.5. The number of nitrogens with zero attached hydrogens (tertiary/aromatic N) is 5. The summed E-state index contributed by atoms with van der Waals surface area (Å²) in [6.45, 7) is 1.51. The zero-order valence-electron chi connectivity index (χ0n) is 23.6. The van der Waals surface area contributed by atoms with E-state index in [4.69, 9.17) is 19.6 Å². The number of allylic oxidation sites excluding steroid dienone is 1. The average molecular weight is 598 g/mol. The molecule has 1 unspecified atom stereocenters. The highest BCUT2D eigenvalue weighted by atomic mass is 31.2. The third-order valence-corrected chi connectivity index (χ3v) is 9.16. The summed E-state index contributed by atoms with van der Waals surface area (Å²) >= 11 is 0. The highest BCUT2D eigenvalue weighted by molar-refractivity contribution is 7.48. The lowest BCUT2D eigenvalue weighted by molar-refractivity contribution is -0.244. The number of anilines is 2. The van der Waals surface area contributed by atoms with Crippen molar-refractivity contribution in [2.24, 2.45) is 5.92 Å². The van der Waals surface area contributed by atoms with Gasteiger partial charge in [-0.15, -0.1) is 0 Å². The molecule has 14 heteroatoms. The predicted molar refractivity (Wildman–Crippen MR) is 155 cm³/mol. The molecular formula is C28H36N7O6P. The van der Waals surface area contributed by atoms with Crippen molar-refractivity contribution in [3.8, 4) is 0 Å². The minimum Gasteiger partial charge on any atom is -0.369 e. The Hall–Kier alpha value is -3.35. The lowest BCUT2D eigenvalue weighted by Gasteiger charge is -2.45. The van der Waals surface area contributed by atoms with Gasteiger partial charge in [0.25, 0.3) is 0 Å². The van der Waals surface area contributed by atoms with Crippen LogP contribution in [0.1, 0.15) is 57.1 Å². The molecule has 0 saturated heterocycles. The molecule has 42 heavy (non-hydrogen) atoms. The minimum atomic E-state index is -4.76. The first-order chi connectivity index (χ1) is 20.2. The van der Waals surface area contributed by atoms with E-state index < -0.39 is 19.3 Å². The second-order valence-electron chi connectivity index (χ2n) is 11.3. The number of phosphoric acid groups is 1. The number of hydrogen-bond acceptors (Lipinski definition) is 11. The lowest BCUT2D eigenvalue weighted by Crippen LogP contribution is -2.56. The maximum Gasteiger partial charge on any atom is 0.529 e. The summed E-state index contributed by atoms with van der Waals surface area (Å²) in [6, 6.07) is 9.19. The van der Waals surface area contributed by atoms with E-state index in [0.717, 1.165) is 32.1 Å². The lowest BCUT2D eigenvalue weighted by atomic mass is 9.85. The largest absolute Gasteiger partial charge is 0.529 e. The third kappa shape index (κ3) is 5.67. The molecule has 13 nitrogen and oxygen atoms in total.